The summed E-state index contributed by atoms with van der Waals surface area (Å²) in [5, 5.41) is 3.38. The number of likely N-dealkylation sites (N-methyl/N-ethyl adjacent to an activating group) is 1. The first-order valence-electron chi connectivity index (χ1n) is 11.3. The Hall–Kier alpha value is -1.10. The van der Waals surface area contributed by atoms with Crippen LogP contribution < -0.4 is 10.1 Å². The fourth-order valence-electron chi connectivity index (χ4n) is 3.36. The molecule has 0 aromatic heterocycles. The topological polar surface area (TPSA) is 58.6 Å². The minimum absolute atomic E-state index is 0. The first kappa shape index (κ1) is 26.2. The van der Waals surface area contributed by atoms with E-state index in [0.29, 0.717) is 13.2 Å². The van der Waals surface area contributed by atoms with Gasteiger partial charge in [0.25, 0.3) is 0 Å². The average molecular weight is 546 g/mol. The number of morpholine rings is 1. The van der Waals surface area contributed by atoms with Crippen LogP contribution in [0.1, 0.15) is 25.3 Å². The fraction of sp³-hybridized carbons (Fsp3) is 0.696. The van der Waals surface area contributed by atoms with Crippen molar-refractivity contribution < 1.29 is 14.2 Å². The van der Waals surface area contributed by atoms with Gasteiger partial charge in [-0.3, -0.25) is 4.90 Å². The van der Waals surface area contributed by atoms with Gasteiger partial charge >= 0.3 is 0 Å². The Balaban J connectivity index is 0.00000341. The maximum Gasteiger partial charge on any atom is 0.194 e. The number of nitrogens with one attached hydrogen (secondary N) is 1. The summed E-state index contributed by atoms with van der Waals surface area (Å²) in [6, 6.07) is 8.19. The van der Waals surface area contributed by atoms with Gasteiger partial charge in [-0.1, -0.05) is 18.2 Å². The van der Waals surface area contributed by atoms with E-state index in [9.17, 15) is 0 Å². The maximum atomic E-state index is 6.09. The molecule has 3 rings (SSSR count). The number of para-hydroxylation sites is 1. The summed E-state index contributed by atoms with van der Waals surface area (Å²) in [5.74, 6) is 2.62. The van der Waals surface area contributed by atoms with E-state index < -0.39 is 0 Å². The minimum atomic E-state index is 0. The highest BCUT2D eigenvalue weighted by Crippen LogP contribution is 2.28. The van der Waals surface area contributed by atoms with Crippen molar-refractivity contribution in [2.75, 3.05) is 72.8 Å². The molecule has 1 saturated carbocycles. The first-order valence-corrected chi connectivity index (χ1v) is 11.3. The molecule has 1 heterocycles. The Kier molecular flexibility index (Phi) is 12.5. The Morgan fingerprint density at radius 1 is 1.23 bits per heavy atom. The summed E-state index contributed by atoms with van der Waals surface area (Å²) in [5.41, 5.74) is 1.10. The van der Waals surface area contributed by atoms with Gasteiger partial charge in [0.2, 0.25) is 0 Å². The summed E-state index contributed by atoms with van der Waals surface area (Å²) < 4.78 is 17.3. The van der Waals surface area contributed by atoms with Crippen LogP contribution >= 0.6 is 24.0 Å². The molecule has 0 spiro atoms. The number of aliphatic imine (C=N–C) groups is 1. The van der Waals surface area contributed by atoms with E-state index in [4.69, 9.17) is 19.2 Å². The van der Waals surface area contributed by atoms with Gasteiger partial charge in [0, 0.05) is 51.9 Å². The van der Waals surface area contributed by atoms with Gasteiger partial charge in [0.1, 0.15) is 12.4 Å². The van der Waals surface area contributed by atoms with Gasteiger partial charge in [-0.05, 0) is 31.7 Å². The molecule has 1 aromatic carbocycles. The minimum Gasteiger partial charge on any atom is -0.492 e. The van der Waals surface area contributed by atoms with Crippen molar-refractivity contribution in [2.45, 2.75) is 26.3 Å². The number of guanidine groups is 1. The molecule has 1 aliphatic carbocycles. The van der Waals surface area contributed by atoms with Gasteiger partial charge in [0.15, 0.2) is 5.96 Å². The number of benzene rings is 1. The lowest BCUT2D eigenvalue weighted by molar-refractivity contribution is 0.0322. The van der Waals surface area contributed by atoms with Crippen LogP contribution in [-0.2, 0) is 16.0 Å². The fourth-order valence-corrected chi connectivity index (χ4v) is 3.36. The number of halogens is 1. The van der Waals surface area contributed by atoms with E-state index >= 15 is 0 Å². The van der Waals surface area contributed by atoms with Gasteiger partial charge in [-0.25, -0.2) is 4.99 Å². The van der Waals surface area contributed by atoms with Crippen LogP contribution in [0.5, 0.6) is 5.75 Å². The SMILES string of the molecule is CCNC(=NCc1ccccc1OCCN1CCOCC1)N(C)CCOCC1CC1.I. The van der Waals surface area contributed by atoms with Crippen molar-refractivity contribution in [2.24, 2.45) is 10.9 Å². The smallest absolute Gasteiger partial charge is 0.194 e. The normalized spacial score (nSPS) is 17.2. The molecule has 1 N–H and O–H groups in total. The molecule has 0 bridgehead atoms. The Morgan fingerprint density at radius 3 is 2.74 bits per heavy atom. The van der Waals surface area contributed by atoms with Gasteiger partial charge < -0.3 is 24.4 Å². The molecule has 1 aliphatic heterocycles. The number of rotatable bonds is 12. The van der Waals surface area contributed by atoms with Crippen LogP contribution in [-0.4, -0.2) is 88.6 Å². The van der Waals surface area contributed by atoms with Crippen LogP contribution in [0.2, 0.25) is 0 Å². The molecule has 7 nitrogen and oxygen atoms in total. The largest absolute Gasteiger partial charge is 0.492 e. The molecule has 1 saturated heterocycles. The number of ether oxygens (including phenoxy) is 3. The summed E-state index contributed by atoms with van der Waals surface area (Å²) in [4.78, 5) is 9.36. The van der Waals surface area contributed by atoms with E-state index in [1.54, 1.807) is 0 Å². The Labute approximate surface area is 204 Å². The molecule has 176 valence electrons. The highest BCUT2D eigenvalue weighted by molar-refractivity contribution is 14.0. The predicted molar refractivity (Wildman–Crippen MR) is 136 cm³/mol. The highest BCUT2D eigenvalue weighted by atomic mass is 127. The first-order chi connectivity index (χ1) is 14.8. The third-order valence-corrected chi connectivity index (χ3v) is 5.46. The molecule has 0 radical (unpaired) electrons. The lowest BCUT2D eigenvalue weighted by atomic mass is 10.2. The molecule has 1 aromatic rings. The second-order valence-electron chi connectivity index (χ2n) is 8.02. The third kappa shape index (κ3) is 9.93. The van der Waals surface area contributed by atoms with Gasteiger partial charge in [-0.15, -0.1) is 24.0 Å². The number of nitrogens with zero attached hydrogens (tertiary/aromatic N) is 3. The van der Waals surface area contributed by atoms with Crippen LogP contribution in [0.3, 0.4) is 0 Å². The van der Waals surface area contributed by atoms with E-state index in [1.807, 2.05) is 18.2 Å². The number of hydrogen-bond acceptors (Lipinski definition) is 5. The number of hydrogen-bond donors (Lipinski definition) is 1. The van der Waals surface area contributed by atoms with Crippen molar-refractivity contribution in [3.8, 4) is 5.75 Å². The van der Waals surface area contributed by atoms with Crippen molar-refractivity contribution >= 4 is 29.9 Å². The lowest BCUT2D eigenvalue weighted by Crippen LogP contribution is -2.40. The van der Waals surface area contributed by atoms with Crippen molar-refractivity contribution in [1.29, 1.82) is 0 Å². The highest BCUT2D eigenvalue weighted by Gasteiger charge is 2.21. The molecular formula is C23H39IN4O3. The third-order valence-electron chi connectivity index (χ3n) is 5.46. The van der Waals surface area contributed by atoms with Crippen LogP contribution in [0.25, 0.3) is 0 Å². The van der Waals surface area contributed by atoms with E-state index in [1.165, 1.54) is 12.8 Å². The summed E-state index contributed by atoms with van der Waals surface area (Å²) in [6.07, 6.45) is 2.65. The van der Waals surface area contributed by atoms with Crippen LogP contribution in [0.4, 0.5) is 0 Å². The van der Waals surface area contributed by atoms with Gasteiger partial charge in [-0.2, -0.15) is 0 Å². The van der Waals surface area contributed by atoms with Crippen molar-refractivity contribution in [3.05, 3.63) is 29.8 Å². The van der Waals surface area contributed by atoms with E-state index in [0.717, 1.165) is 82.3 Å². The monoisotopic (exact) mass is 546 g/mol. The second-order valence-corrected chi connectivity index (χ2v) is 8.02. The average Bonchev–Trinajstić information content (AvgIpc) is 3.60. The van der Waals surface area contributed by atoms with E-state index in [2.05, 4.69) is 35.2 Å². The van der Waals surface area contributed by atoms with Crippen molar-refractivity contribution in [1.82, 2.24) is 15.1 Å². The Bertz CT molecular complexity index is 651. The molecule has 8 heteroatoms. The molecule has 2 aliphatic rings. The van der Waals surface area contributed by atoms with Crippen molar-refractivity contribution in [3.63, 3.8) is 0 Å². The molecule has 0 unspecified atom stereocenters. The zero-order valence-electron chi connectivity index (χ0n) is 19.1. The molecule has 0 amide bonds. The zero-order chi connectivity index (χ0) is 21.0. The van der Waals surface area contributed by atoms with Crippen LogP contribution in [0, 0.1) is 5.92 Å². The standard InChI is InChI=1S/C23H38N4O3.HI/c1-3-24-23(26(2)10-14-29-19-20-8-9-20)25-18-21-6-4-5-7-22(21)30-17-13-27-11-15-28-16-12-27;/h4-7,20H,3,8-19H2,1-2H3,(H,24,25);1H. The molecular weight excluding hydrogens is 507 g/mol. The summed E-state index contributed by atoms with van der Waals surface area (Å²) in [6.45, 7) is 11.2. The molecule has 2 fully saturated rings. The van der Waals surface area contributed by atoms with Gasteiger partial charge in [0.05, 0.1) is 26.4 Å². The maximum absolute atomic E-state index is 6.09. The lowest BCUT2D eigenvalue weighted by Gasteiger charge is -2.26. The van der Waals surface area contributed by atoms with Crippen LogP contribution in [0.15, 0.2) is 29.3 Å². The zero-order valence-corrected chi connectivity index (χ0v) is 21.4. The quantitative estimate of drug-likeness (QED) is 0.188. The predicted octanol–water partition coefficient (Wildman–Crippen LogP) is 2.84. The Morgan fingerprint density at radius 2 is 2.00 bits per heavy atom. The molecule has 0 atom stereocenters. The molecule has 31 heavy (non-hydrogen) atoms. The summed E-state index contributed by atoms with van der Waals surface area (Å²) in [7, 11) is 2.06. The van der Waals surface area contributed by atoms with E-state index in [-0.39, 0.29) is 24.0 Å². The summed E-state index contributed by atoms with van der Waals surface area (Å²) >= 11 is 0. The second kappa shape index (κ2) is 14.9.